The van der Waals surface area contributed by atoms with E-state index >= 15 is 0 Å². The fourth-order valence-corrected chi connectivity index (χ4v) is 3.85. The number of ether oxygens (including phenoxy) is 3. The van der Waals surface area contributed by atoms with E-state index in [-0.39, 0.29) is 40.2 Å². The van der Waals surface area contributed by atoms with E-state index in [1.165, 1.54) is 26.4 Å². The third kappa shape index (κ3) is 6.18. The molecule has 6 heteroatoms. The van der Waals surface area contributed by atoms with Crippen molar-refractivity contribution in [3.05, 3.63) is 34.9 Å². The van der Waals surface area contributed by atoms with E-state index in [0.29, 0.717) is 18.4 Å². The molecule has 170 valence electrons. The van der Waals surface area contributed by atoms with Crippen molar-refractivity contribution in [3.63, 3.8) is 0 Å². The summed E-state index contributed by atoms with van der Waals surface area (Å²) in [5, 5.41) is 0. The predicted octanol–water partition coefficient (Wildman–Crippen LogP) is 5.77. The Morgan fingerprint density at radius 1 is 0.871 bits per heavy atom. The molecule has 0 bridgehead atoms. The minimum Gasteiger partial charge on any atom is -0.496 e. The van der Waals surface area contributed by atoms with Crippen LogP contribution in [0.4, 0.5) is 0 Å². The zero-order valence-electron chi connectivity index (χ0n) is 19.1. The number of rotatable bonds is 13. The van der Waals surface area contributed by atoms with Crippen molar-refractivity contribution in [2.24, 2.45) is 0 Å². The topological polar surface area (TPSA) is 78.9 Å². The van der Waals surface area contributed by atoms with Crippen LogP contribution in [0.5, 0.6) is 11.5 Å². The summed E-state index contributed by atoms with van der Waals surface area (Å²) in [4.78, 5) is 37.7. The lowest BCUT2D eigenvalue weighted by molar-refractivity contribution is -0.150. The summed E-state index contributed by atoms with van der Waals surface area (Å²) in [5.74, 6) is -0.345. The van der Waals surface area contributed by atoms with Crippen LogP contribution < -0.4 is 9.47 Å². The van der Waals surface area contributed by atoms with Crippen molar-refractivity contribution in [2.75, 3.05) is 14.2 Å². The van der Waals surface area contributed by atoms with Gasteiger partial charge in [-0.3, -0.25) is 14.4 Å². The smallest absolute Gasteiger partial charge is 0.306 e. The molecule has 0 saturated carbocycles. The average molecular weight is 431 g/mol. The number of allylic oxidation sites excluding steroid dienone is 2. The normalized spacial score (nSPS) is 13.7. The highest BCUT2D eigenvalue weighted by atomic mass is 16.5. The van der Waals surface area contributed by atoms with E-state index in [1.54, 1.807) is 6.07 Å². The molecule has 1 atom stereocenters. The minimum absolute atomic E-state index is 0.171. The molecule has 31 heavy (non-hydrogen) atoms. The summed E-state index contributed by atoms with van der Waals surface area (Å²) in [5.41, 5.74) is 0.925. The van der Waals surface area contributed by atoms with Crippen LogP contribution in [0.2, 0.25) is 0 Å². The zero-order chi connectivity index (χ0) is 22.8. The first-order valence-electron chi connectivity index (χ1n) is 11.2. The van der Waals surface area contributed by atoms with Crippen molar-refractivity contribution >= 4 is 17.5 Å². The Kier molecular flexibility index (Phi) is 9.76. The standard InChI is InChI=1S/C25H34O6/c1-5-7-9-11-12-20(31-22(28)13-10-8-6-2)17-16-21(29-3)23-18(26)14-15-19(27)24(23)25(17)30-4/h14-16,20H,5-13H2,1-4H3. The summed E-state index contributed by atoms with van der Waals surface area (Å²) in [6.45, 7) is 4.22. The number of carbonyl (C=O) groups is 3. The van der Waals surface area contributed by atoms with E-state index in [9.17, 15) is 14.4 Å². The van der Waals surface area contributed by atoms with Gasteiger partial charge in [-0.25, -0.2) is 0 Å². The summed E-state index contributed by atoms with van der Waals surface area (Å²) in [6.07, 6.45) is 9.71. The molecule has 0 saturated heterocycles. The molecular weight excluding hydrogens is 396 g/mol. The maximum absolute atomic E-state index is 12.7. The van der Waals surface area contributed by atoms with Crippen LogP contribution in [-0.2, 0) is 9.53 Å². The molecule has 1 aliphatic carbocycles. The van der Waals surface area contributed by atoms with Gasteiger partial charge in [0.2, 0.25) is 0 Å². The van der Waals surface area contributed by atoms with Gasteiger partial charge in [0, 0.05) is 12.0 Å². The molecule has 1 aromatic rings. The van der Waals surface area contributed by atoms with E-state index < -0.39 is 6.10 Å². The summed E-state index contributed by atoms with van der Waals surface area (Å²) in [7, 11) is 2.91. The highest BCUT2D eigenvalue weighted by Gasteiger charge is 2.33. The number of methoxy groups -OCH3 is 2. The molecule has 0 spiro atoms. The second-order valence-corrected chi connectivity index (χ2v) is 7.80. The fourth-order valence-electron chi connectivity index (χ4n) is 3.85. The number of carbonyl (C=O) groups excluding carboxylic acids is 3. The van der Waals surface area contributed by atoms with Gasteiger partial charge < -0.3 is 14.2 Å². The van der Waals surface area contributed by atoms with Crippen LogP contribution in [0.3, 0.4) is 0 Å². The highest BCUT2D eigenvalue weighted by molar-refractivity contribution is 6.24. The average Bonchev–Trinajstić information content (AvgIpc) is 2.77. The maximum atomic E-state index is 12.7. The Labute approximate surface area is 184 Å². The molecule has 0 aliphatic heterocycles. The Balaban J connectivity index is 2.45. The third-order valence-electron chi connectivity index (χ3n) is 5.50. The maximum Gasteiger partial charge on any atom is 0.306 e. The van der Waals surface area contributed by atoms with Gasteiger partial charge >= 0.3 is 5.97 Å². The molecule has 6 nitrogen and oxygen atoms in total. The van der Waals surface area contributed by atoms with Crippen molar-refractivity contribution in [1.29, 1.82) is 0 Å². The van der Waals surface area contributed by atoms with Crippen LogP contribution in [0, 0.1) is 0 Å². The van der Waals surface area contributed by atoms with Crippen LogP contribution in [0.1, 0.15) is 104 Å². The van der Waals surface area contributed by atoms with E-state index in [2.05, 4.69) is 13.8 Å². The van der Waals surface area contributed by atoms with Gasteiger partial charge in [-0.05, 0) is 37.5 Å². The van der Waals surface area contributed by atoms with Gasteiger partial charge in [-0.1, -0.05) is 46.0 Å². The number of hydrogen-bond acceptors (Lipinski definition) is 6. The molecule has 0 heterocycles. The van der Waals surface area contributed by atoms with E-state index in [4.69, 9.17) is 14.2 Å². The Morgan fingerprint density at radius 2 is 1.52 bits per heavy atom. The minimum atomic E-state index is -0.575. The molecule has 0 fully saturated rings. The Bertz CT molecular complexity index is 824. The second-order valence-electron chi connectivity index (χ2n) is 7.80. The van der Waals surface area contributed by atoms with Crippen molar-refractivity contribution < 1.29 is 28.6 Å². The van der Waals surface area contributed by atoms with Gasteiger partial charge in [-0.15, -0.1) is 0 Å². The SMILES string of the molecule is CCCCCCC(OC(=O)CCCCC)c1cc(OC)c2c(c1OC)C(=O)C=CC2=O. The van der Waals surface area contributed by atoms with E-state index in [0.717, 1.165) is 44.9 Å². The predicted molar refractivity (Wildman–Crippen MR) is 119 cm³/mol. The van der Waals surface area contributed by atoms with Crippen molar-refractivity contribution in [3.8, 4) is 11.5 Å². The quantitative estimate of drug-likeness (QED) is 0.292. The molecule has 0 N–H and O–H groups in total. The van der Waals surface area contributed by atoms with Crippen LogP contribution in [0.25, 0.3) is 0 Å². The fraction of sp³-hybridized carbons (Fsp3) is 0.560. The van der Waals surface area contributed by atoms with Gasteiger partial charge in [0.05, 0.1) is 25.3 Å². The van der Waals surface area contributed by atoms with E-state index in [1.807, 2.05) is 0 Å². The molecule has 1 aliphatic rings. The number of ketones is 2. The van der Waals surface area contributed by atoms with Crippen LogP contribution in [-0.4, -0.2) is 31.8 Å². The summed E-state index contributed by atoms with van der Waals surface area (Å²) >= 11 is 0. The lowest BCUT2D eigenvalue weighted by Crippen LogP contribution is -2.19. The Hall–Kier alpha value is -2.63. The molecule has 0 amide bonds. The van der Waals surface area contributed by atoms with Gasteiger partial charge in [-0.2, -0.15) is 0 Å². The third-order valence-corrected chi connectivity index (χ3v) is 5.50. The molecule has 1 unspecified atom stereocenters. The van der Waals surface area contributed by atoms with Gasteiger partial charge in [0.25, 0.3) is 0 Å². The molecule has 1 aromatic carbocycles. The largest absolute Gasteiger partial charge is 0.496 e. The molecule has 2 rings (SSSR count). The zero-order valence-corrected chi connectivity index (χ0v) is 19.1. The van der Waals surface area contributed by atoms with Gasteiger partial charge in [0.15, 0.2) is 11.6 Å². The van der Waals surface area contributed by atoms with Crippen molar-refractivity contribution in [2.45, 2.75) is 77.7 Å². The number of benzene rings is 1. The van der Waals surface area contributed by atoms with Crippen LogP contribution >= 0.6 is 0 Å². The lowest BCUT2D eigenvalue weighted by atomic mass is 9.88. The highest BCUT2D eigenvalue weighted by Crippen LogP contribution is 2.42. The van der Waals surface area contributed by atoms with Crippen LogP contribution in [0.15, 0.2) is 18.2 Å². The lowest BCUT2D eigenvalue weighted by Gasteiger charge is -2.25. The first-order chi connectivity index (χ1) is 15.0. The summed E-state index contributed by atoms with van der Waals surface area (Å²) < 4.78 is 16.9. The number of fused-ring (bicyclic) bond motifs is 1. The molecular formula is C25H34O6. The number of esters is 1. The monoisotopic (exact) mass is 430 g/mol. The second kappa shape index (κ2) is 12.3. The Morgan fingerprint density at radius 3 is 2.13 bits per heavy atom. The molecule has 0 aromatic heterocycles. The molecule has 0 radical (unpaired) electrons. The van der Waals surface area contributed by atoms with Gasteiger partial charge in [0.1, 0.15) is 17.6 Å². The first-order valence-corrected chi connectivity index (χ1v) is 11.2. The van der Waals surface area contributed by atoms with Crippen molar-refractivity contribution in [1.82, 2.24) is 0 Å². The summed E-state index contributed by atoms with van der Waals surface area (Å²) in [6, 6.07) is 1.67. The number of unbranched alkanes of at least 4 members (excludes halogenated alkanes) is 5. The number of hydrogen-bond donors (Lipinski definition) is 0. The first kappa shape index (κ1) is 24.6.